The maximum atomic E-state index is 12.2. The fourth-order valence-electron chi connectivity index (χ4n) is 1.98. The molecule has 2 heterocycles. The Hall–Kier alpha value is -0.960. The number of aryl methyl sites for hydroxylation is 1. The van der Waals surface area contributed by atoms with Gasteiger partial charge in [-0.1, -0.05) is 0 Å². The van der Waals surface area contributed by atoms with Crippen LogP contribution < -0.4 is 4.72 Å². The number of hydrogen-bond donors (Lipinski definition) is 3. The second-order valence-electron chi connectivity index (χ2n) is 4.38. The van der Waals surface area contributed by atoms with Gasteiger partial charge in [-0.25, -0.2) is 13.1 Å². The maximum absolute atomic E-state index is 12.2. The summed E-state index contributed by atoms with van der Waals surface area (Å²) in [6, 6.07) is -0.251. The predicted molar refractivity (Wildman–Crippen MR) is 63.4 cm³/mol. The van der Waals surface area contributed by atoms with E-state index < -0.39 is 10.0 Å². The summed E-state index contributed by atoms with van der Waals surface area (Å²) >= 11 is 0. The first-order chi connectivity index (χ1) is 8.45. The molecule has 3 N–H and O–H groups in total. The molecule has 0 saturated carbocycles. The average Bonchev–Trinajstić information content (AvgIpc) is 2.86. The molecule has 0 aliphatic carbocycles. The Morgan fingerprint density at radius 1 is 1.61 bits per heavy atom. The SMILES string of the molecule is Cc1[nH]nc(S(=O)(=O)NC2CCOC2C)c1CO. The highest BCUT2D eigenvalue weighted by atomic mass is 32.2. The molecule has 7 nitrogen and oxygen atoms in total. The fourth-order valence-corrected chi connectivity index (χ4v) is 3.51. The molecule has 0 aromatic carbocycles. The normalized spacial score (nSPS) is 24.6. The van der Waals surface area contributed by atoms with Crippen LogP contribution in [0.3, 0.4) is 0 Å². The molecule has 18 heavy (non-hydrogen) atoms. The number of aliphatic hydroxyl groups is 1. The summed E-state index contributed by atoms with van der Waals surface area (Å²) in [5.74, 6) is 0. The van der Waals surface area contributed by atoms with Crippen LogP contribution >= 0.6 is 0 Å². The van der Waals surface area contributed by atoms with Crippen molar-refractivity contribution in [3.63, 3.8) is 0 Å². The molecular formula is C10H17N3O4S. The zero-order valence-electron chi connectivity index (χ0n) is 10.3. The topological polar surface area (TPSA) is 104 Å². The first-order valence-electron chi connectivity index (χ1n) is 5.74. The van der Waals surface area contributed by atoms with E-state index >= 15 is 0 Å². The second kappa shape index (κ2) is 4.96. The summed E-state index contributed by atoms with van der Waals surface area (Å²) < 4.78 is 32.2. The number of H-pyrrole nitrogens is 1. The lowest BCUT2D eigenvalue weighted by Crippen LogP contribution is -2.39. The minimum atomic E-state index is -3.73. The third-order valence-electron chi connectivity index (χ3n) is 3.13. The monoisotopic (exact) mass is 275 g/mol. The van der Waals surface area contributed by atoms with E-state index in [1.165, 1.54) is 0 Å². The number of nitrogens with one attached hydrogen (secondary N) is 2. The van der Waals surface area contributed by atoms with Gasteiger partial charge in [-0.05, 0) is 20.3 Å². The molecule has 2 atom stereocenters. The molecule has 1 saturated heterocycles. The molecule has 1 aromatic heterocycles. The van der Waals surface area contributed by atoms with Crippen molar-refractivity contribution in [1.29, 1.82) is 0 Å². The molecule has 0 radical (unpaired) electrons. The number of aromatic nitrogens is 2. The molecule has 0 spiro atoms. The zero-order chi connectivity index (χ0) is 13.3. The summed E-state index contributed by atoms with van der Waals surface area (Å²) in [6.45, 7) is 3.66. The van der Waals surface area contributed by atoms with Crippen LogP contribution in [0, 0.1) is 6.92 Å². The minimum absolute atomic E-state index is 0.137. The molecule has 102 valence electrons. The van der Waals surface area contributed by atoms with Crippen molar-refractivity contribution in [2.24, 2.45) is 0 Å². The summed E-state index contributed by atoms with van der Waals surface area (Å²) in [7, 11) is -3.73. The van der Waals surface area contributed by atoms with Crippen LogP contribution in [-0.4, -0.2) is 42.5 Å². The Morgan fingerprint density at radius 2 is 2.33 bits per heavy atom. The molecule has 0 bridgehead atoms. The molecular weight excluding hydrogens is 258 g/mol. The number of hydrogen-bond acceptors (Lipinski definition) is 5. The van der Waals surface area contributed by atoms with Crippen molar-refractivity contribution < 1.29 is 18.3 Å². The molecule has 1 aliphatic heterocycles. The number of aliphatic hydroxyl groups excluding tert-OH is 1. The number of aromatic amines is 1. The van der Waals surface area contributed by atoms with Crippen molar-refractivity contribution >= 4 is 10.0 Å². The maximum Gasteiger partial charge on any atom is 0.260 e. The van der Waals surface area contributed by atoms with Crippen LogP contribution in [0.2, 0.25) is 0 Å². The smallest absolute Gasteiger partial charge is 0.260 e. The van der Waals surface area contributed by atoms with Gasteiger partial charge in [0.1, 0.15) is 0 Å². The van der Waals surface area contributed by atoms with E-state index in [-0.39, 0.29) is 23.8 Å². The third-order valence-corrected chi connectivity index (χ3v) is 4.59. The third kappa shape index (κ3) is 2.41. The van der Waals surface area contributed by atoms with E-state index in [1.54, 1.807) is 6.92 Å². The first-order valence-corrected chi connectivity index (χ1v) is 7.22. The molecule has 2 unspecified atom stereocenters. The predicted octanol–water partition coefficient (Wildman–Crippen LogP) is -0.334. The van der Waals surface area contributed by atoms with Crippen molar-refractivity contribution in [2.75, 3.05) is 6.61 Å². The Labute approximate surface area is 106 Å². The van der Waals surface area contributed by atoms with Gasteiger partial charge in [0.15, 0.2) is 5.03 Å². The summed E-state index contributed by atoms with van der Waals surface area (Å²) in [5.41, 5.74) is 0.850. The van der Waals surface area contributed by atoms with E-state index in [1.807, 2.05) is 6.92 Å². The first kappa shape index (κ1) is 13.5. The molecule has 1 fully saturated rings. The van der Waals surface area contributed by atoms with Crippen molar-refractivity contribution in [3.8, 4) is 0 Å². The summed E-state index contributed by atoms with van der Waals surface area (Å²) in [5, 5.41) is 15.4. The summed E-state index contributed by atoms with van der Waals surface area (Å²) in [4.78, 5) is 0. The summed E-state index contributed by atoms with van der Waals surface area (Å²) in [6.07, 6.45) is 0.482. The molecule has 2 rings (SSSR count). The second-order valence-corrected chi connectivity index (χ2v) is 6.01. The lowest BCUT2D eigenvalue weighted by molar-refractivity contribution is 0.117. The lowest BCUT2D eigenvalue weighted by Gasteiger charge is -2.15. The van der Waals surface area contributed by atoms with E-state index in [4.69, 9.17) is 4.74 Å². The minimum Gasteiger partial charge on any atom is -0.392 e. The van der Waals surface area contributed by atoms with Gasteiger partial charge in [-0.15, -0.1) is 0 Å². The van der Waals surface area contributed by atoms with Gasteiger partial charge in [0.05, 0.1) is 18.8 Å². The quantitative estimate of drug-likeness (QED) is 0.697. The van der Waals surface area contributed by atoms with Crippen LogP contribution in [0.4, 0.5) is 0 Å². The highest BCUT2D eigenvalue weighted by Gasteiger charge is 2.31. The Morgan fingerprint density at radius 3 is 2.89 bits per heavy atom. The van der Waals surface area contributed by atoms with Crippen LogP contribution in [-0.2, 0) is 21.4 Å². The lowest BCUT2D eigenvalue weighted by atomic mass is 10.2. The Kier molecular flexibility index (Phi) is 3.71. The van der Waals surface area contributed by atoms with Crippen LogP contribution in [0.25, 0.3) is 0 Å². The molecule has 8 heteroatoms. The molecule has 0 amide bonds. The largest absolute Gasteiger partial charge is 0.392 e. The van der Waals surface area contributed by atoms with E-state index in [2.05, 4.69) is 14.9 Å². The van der Waals surface area contributed by atoms with E-state index in [0.29, 0.717) is 24.3 Å². The zero-order valence-corrected chi connectivity index (χ0v) is 11.1. The Bertz CT molecular complexity index is 525. The van der Waals surface area contributed by atoms with E-state index in [0.717, 1.165) is 0 Å². The van der Waals surface area contributed by atoms with Gasteiger partial charge < -0.3 is 9.84 Å². The van der Waals surface area contributed by atoms with E-state index in [9.17, 15) is 13.5 Å². The Balaban J connectivity index is 2.25. The van der Waals surface area contributed by atoms with Gasteiger partial charge in [0, 0.05) is 17.9 Å². The van der Waals surface area contributed by atoms with Crippen LogP contribution in [0.5, 0.6) is 0 Å². The fraction of sp³-hybridized carbons (Fsp3) is 0.700. The van der Waals surface area contributed by atoms with Crippen LogP contribution in [0.15, 0.2) is 5.03 Å². The average molecular weight is 275 g/mol. The van der Waals surface area contributed by atoms with Crippen molar-refractivity contribution in [1.82, 2.24) is 14.9 Å². The highest BCUT2D eigenvalue weighted by molar-refractivity contribution is 7.89. The highest BCUT2D eigenvalue weighted by Crippen LogP contribution is 2.19. The van der Waals surface area contributed by atoms with Gasteiger partial charge in [-0.3, -0.25) is 5.10 Å². The number of rotatable bonds is 4. The van der Waals surface area contributed by atoms with Crippen LogP contribution in [0.1, 0.15) is 24.6 Å². The molecule has 1 aliphatic rings. The van der Waals surface area contributed by atoms with Gasteiger partial charge in [0.2, 0.25) is 0 Å². The van der Waals surface area contributed by atoms with Gasteiger partial charge in [-0.2, -0.15) is 5.10 Å². The van der Waals surface area contributed by atoms with Gasteiger partial charge in [0.25, 0.3) is 10.0 Å². The number of ether oxygens (including phenoxy) is 1. The standard InChI is InChI=1S/C10H17N3O4S/c1-6-8(5-14)10(12-11-6)18(15,16)13-9-3-4-17-7(9)2/h7,9,13-14H,3-5H2,1-2H3,(H,11,12). The van der Waals surface area contributed by atoms with Crippen molar-refractivity contribution in [3.05, 3.63) is 11.3 Å². The number of nitrogens with zero attached hydrogens (tertiary/aromatic N) is 1. The van der Waals surface area contributed by atoms with Gasteiger partial charge >= 0.3 is 0 Å². The van der Waals surface area contributed by atoms with Crippen molar-refractivity contribution in [2.45, 2.75) is 44.0 Å². The number of sulfonamides is 1. The molecule has 1 aromatic rings.